The van der Waals surface area contributed by atoms with Gasteiger partial charge in [0.15, 0.2) is 0 Å². The van der Waals surface area contributed by atoms with Crippen LogP contribution in [-0.4, -0.2) is 7.11 Å². The summed E-state index contributed by atoms with van der Waals surface area (Å²) in [5, 5.41) is 0.828. The van der Waals surface area contributed by atoms with Crippen molar-refractivity contribution in [3.63, 3.8) is 0 Å². The fourth-order valence-electron chi connectivity index (χ4n) is 2.27. The molecule has 1 rings (SSSR count). The lowest BCUT2D eigenvalue weighted by atomic mass is 9.85. The standard InChI is InChI=1S/C16H21ClO/c1-7-8-10(2)12(4)15-13(5)16(17)11(3)9-14(15)18-6/h9-10,12H,1-6H3. The molecule has 0 amide bonds. The van der Waals surface area contributed by atoms with E-state index in [1.54, 1.807) is 7.11 Å². The van der Waals surface area contributed by atoms with Crippen LogP contribution in [0.2, 0.25) is 5.02 Å². The van der Waals surface area contributed by atoms with Crippen molar-refractivity contribution in [1.82, 2.24) is 0 Å². The van der Waals surface area contributed by atoms with Crippen molar-refractivity contribution < 1.29 is 4.74 Å². The summed E-state index contributed by atoms with van der Waals surface area (Å²) in [7, 11) is 1.70. The lowest BCUT2D eigenvalue weighted by Gasteiger charge is -2.22. The topological polar surface area (TPSA) is 9.23 Å². The van der Waals surface area contributed by atoms with Gasteiger partial charge in [-0.25, -0.2) is 0 Å². The van der Waals surface area contributed by atoms with E-state index in [-0.39, 0.29) is 5.92 Å². The van der Waals surface area contributed by atoms with E-state index in [9.17, 15) is 0 Å². The Balaban J connectivity index is 3.37. The number of benzene rings is 1. The molecule has 2 unspecified atom stereocenters. The van der Waals surface area contributed by atoms with Crippen LogP contribution in [-0.2, 0) is 0 Å². The molecule has 18 heavy (non-hydrogen) atoms. The van der Waals surface area contributed by atoms with Gasteiger partial charge in [0.2, 0.25) is 0 Å². The lowest BCUT2D eigenvalue weighted by molar-refractivity contribution is 0.401. The van der Waals surface area contributed by atoms with Crippen LogP contribution < -0.4 is 4.74 Å². The minimum atomic E-state index is 0.279. The first-order chi connectivity index (χ1) is 8.43. The van der Waals surface area contributed by atoms with Gasteiger partial charge in [0.25, 0.3) is 0 Å². The number of aryl methyl sites for hydroxylation is 1. The average Bonchev–Trinajstić information content (AvgIpc) is 2.35. The minimum absolute atomic E-state index is 0.279. The summed E-state index contributed by atoms with van der Waals surface area (Å²) in [6, 6.07) is 2.01. The van der Waals surface area contributed by atoms with Crippen LogP contribution in [0.15, 0.2) is 6.07 Å². The first-order valence-electron chi connectivity index (χ1n) is 6.19. The maximum absolute atomic E-state index is 6.35. The Labute approximate surface area is 115 Å². The van der Waals surface area contributed by atoms with E-state index < -0.39 is 0 Å². The highest BCUT2D eigenvalue weighted by molar-refractivity contribution is 6.32. The molecule has 0 aromatic heterocycles. The molecule has 2 atom stereocenters. The molecule has 0 radical (unpaired) electrons. The third-order valence-corrected chi connectivity index (χ3v) is 4.07. The third-order valence-electron chi connectivity index (χ3n) is 3.49. The van der Waals surface area contributed by atoms with Gasteiger partial charge in [-0.2, -0.15) is 0 Å². The fourth-order valence-corrected chi connectivity index (χ4v) is 2.43. The van der Waals surface area contributed by atoms with Crippen LogP contribution in [0.1, 0.15) is 43.4 Å². The molecule has 0 spiro atoms. The van der Waals surface area contributed by atoms with Crippen LogP contribution in [0.25, 0.3) is 0 Å². The summed E-state index contributed by atoms with van der Waals surface area (Å²) >= 11 is 6.35. The smallest absolute Gasteiger partial charge is 0.122 e. The lowest BCUT2D eigenvalue weighted by Crippen LogP contribution is -2.09. The van der Waals surface area contributed by atoms with Gasteiger partial charge in [0.1, 0.15) is 5.75 Å². The van der Waals surface area contributed by atoms with Crippen molar-refractivity contribution in [1.29, 1.82) is 0 Å². The number of halogens is 1. The van der Waals surface area contributed by atoms with Crippen LogP contribution in [0, 0.1) is 31.6 Å². The Kier molecular flexibility index (Phi) is 5.11. The van der Waals surface area contributed by atoms with E-state index in [1.165, 1.54) is 5.56 Å². The molecular formula is C16H21ClO. The summed E-state index contributed by atoms with van der Waals surface area (Å²) in [6.07, 6.45) is 0. The van der Waals surface area contributed by atoms with Gasteiger partial charge in [0, 0.05) is 16.5 Å². The second-order valence-electron chi connectivity index (χ2n) is 4.72. The van der Waals surface area contributed by atoms with Gasteiger partial charge in [-0.15, -0.1) is 5.92 Å². The van der Waals surface area contributed by atoms with Gasteiger partial charge in [0.05, 0.1) is 7.11 Å². The summed E-state index contributed by atoms with van der Waals surface area (Å²) < 4.78 is 5.50. The van der Waals surface area contributed by atoms with Crippen LogP contribution >= 0.6 is 11.6 Å². The van der Waals surface area contributed by atoms with E-state index >= 15 is 0 Å². The Morgan fingerprint density at radius 2 is 1.89 bits per heavy atom. The first kappa shape index (κ1) is 14.9. The molecule has 0 fully saturated rings. The second kappa shape index (κ2) is 6.16. The van der Waals surface area contributed by atoms with Crippen LogP contribution in [0.3, 0.4) is 0 Å². The molecule has 2 heteroatoms. The van der Waals surface area contributed by atoms with Crippen molar-refractivity contribution in [2.45, 2.75) is 40.5 Å². The summed E-state index contributed by atoms with van der Waals surface area (Å²) in [5.74, 6) is 7.67. The Morgan fingerprint density at radius 3 is 2.39 bits per heavy atom. The van der Waals surface area contributed by atoms with Gasteiger partial charge in [-0.1, -0.05) is 31.4 Å². The van der Waals surface area contributed by atoms with E-state index in [2.05, 4.69) is 32.6 Å². The highest BCUT2D eigenvalue weighted by Gasteiger charge is 2.21. The largest absolute Gasteiger partial charge is 0.496 e. The number of ether oxygens (including phenoxy) is 1. The maximum Gasteiger partial charge on any atom is 0.122 e. The molecule has 0 heterocycles. The summed E-state index contributed by atoms with van der Waals surface area (Å²) in [5.41, 5.74) is 3.32. The number of hydrogen-bond acceptors (Lipinski definition) is 1. The van der Waals surface area contributed by atoms with E-state index in [4.69, 9.17) is 16.3 Å². The number of methoxy groups -OCH3 is 1. The third kappa shape index (κ3) is 2.82. The Hall–Kier alpha value is -1.13. The van der Waals surface area contributed by atoms with Crippen molar-refractivity contribution in [3.05, 3.63) is 27.8 Å². The molecule has 1 nitrogen and oxygen atoms in total. The molecule has 1 aromatic carbocycles. The van der Waals surface area contributed by atoms with Crippen molar-refractivity contribution in [2.24, 2.45) is 5.92 Å². The Bertz CT molecular complexity index is 494. The van der Waals surface area contributed by atoms with Crippen LogP contribution in [0.5, 0.6) is 5.75 Å². The van der Waals surface area contributed by atoms with Gasteiger partial charge in [-0.3, -0.25) is 0 Å². The van der Waals surface area contributed by atoms with Gasteiger partial charge < -0.3 is 4.74 Å². The SMILES string of the molecule is CC#CC(C)C(C)c1c(OC)cc(C)c(Cl)c1C. The molecule has 98 valence electrons. The number of hydrogen-bond donors (Lipinski definition) is 0. The highest BCUT2D eigenvalue weighted by atomic mass is 35.5. The zero-order chi connectivity index (χ0) is 13.9. The molecule has 0 N–H and O–H groups in total. The molecule has 0 aliphatic carbocycles. The zero-order valence-electron chi connectivity index (χ0n) is 12.0. The van der Waals surface area contributed by atoms with Crippen molar-refractivity contribution >= 4 is 11.6 Å². The van der Waals surface area contributed by atoms with E-state index in [1.807, 2.05) is 19.9 Å². The van der Waals surface area contributed by atoms with Crippen molar-refractivity contribution in [2.75, 3.05) is 7.11 Å². The van der Waals surface area contributed by atoms with Crippen LogP contribution in [0.4, 0.5) is 0 Å². The summed E-state index contributed by atoms with van der Waals surface area (Å²) in [6.45, 7) is 10.2. The molecule has 0 saturated carbocycles. The quantitative estimate of drug-likeness (QED) is 0.718. The molecule has 0 aliphatic heterocycles. The average molecular weight is 265 g/mol. The second-order valence-corrected chi connectivity index (χ2v) is 5.10. The minimum Gasteiger partial charge on any atom is -0.496 e. The summed E-state index contributed by atoms with van der Waals surface area (Å²) in [4.78, 5) is 0. The Morgan fingerprint density at radius 1 is 1.28 bits per heavy atom. The molecule has 0 saturated heterocycles. The number of rotatable bonds is 3. The normalized spacial score (nSPS) is 13.5. The maximum atomic E-state index is 6.35. The first-order valence-corrected chi connectivity index (χ1v) is 6.57. The van der Waals surface area contributed by atoms with E-state index in [0.29, 0.717) is 5.92 Å². The predicted octanol–water partition coefficient (Wildman–Crippen LogP) is 4.73. The highest BCUT2D eigenvalue weighted by Crippen LogP contribution is 2.39. The molecule has 1 aromatic rings. The fraction of sp³-hybridized carbons (Fsp3) is 0.500. The molecule has 0 bridgehead atoms. The zero-order valence-corrected chi connectivity index (χ0v) is 12.8. The molecule has 0 aliphatic rings. The predicted molar refractivity (Wildman–Crippen MR) is 78.5 cm³/mol. The van der Waals surface area contributed by atoms with E-state index in [0.717, 1.165) is 21.9 Å². The molecular weight excluding hydrogens is 244 g/mol. The van der Waals surface area contributed by atoms with Gasteiger partial charge >= 0.3 is 0 Å². The monoisotopic (exact) mass is 264 g/mol. The van der Waals surface area contributed by atoms with Crippen molar-refractivity contribution in [3.8, 4) is 17.6 Å². The van der Waals surface area contributed by atoms with Gasteiger partial charge in [-0.05, 0) is 43.9 Å².